The van der Waals surface area contributed by atoms with E-state index < -0.39 is 0 Å². The Morgan fingerprint density at radius 2 is 2.40 bits per heavy atom. The van der Waals surface area contributed by atoms with E-state index in [9.17, 15) is 4.79 Å². The highest BCUT2D eigenvalue weighted by molar-refractivity contribution is 5.39. The van der Waals surface area contributed by atoms with Crippen LogP contribution in [-0.2, 0) is 16.9 Å². The highest BCUT2D eigenvalue weighted by Gasteiger charge is 2.47. The fraction of sp³-hybridized carbons (Fsp3) is 0.636. The summed E-state index contributed by atoms with van der Waals surface area (Å²) < 4.78 is 2.02. The lowest BCUT2D eigenvalue weighted by Gasteiger charge is -2.11. The fourth-order valence-corrected chi connectivity index (χ4v) is 2.05. The molecule has 0 saturated heterocycles. The zero-order valence-corrected chi connectivity index (χ0v) is 8.52. The number of isocyanates is 1. The van der Waals surface area contributed by atoms with E-state index in [0.717, 1.165) is 31.0 Å². The predicted molar refractivity (Wildman–Crippen MR) is 54.0 cm³/mol. The van der Waals surface area contributed by atoms with Crippen LogP contribution >= 0.6 is 0 Å². The van der Waals surface area contributed by atoms with Gasteiger partial charge in [-0.15, -0.1) is 0 Å². The van der Waals surface area contributed by atoms with Crippen LogP contribution in [0.2, 0.25) is 0 Å². The molecule has 0 spiro atoms. The molecule has 1 aromatic rings. The second-order valence-electron chi connectivity index (χ2n) is 4.58. The van der Waals surface area contributed by atoms with Crippen LogP contribution in [0.25, 0.3) is 0 Å². The largest absolute Gasteiger partial charge is 0.267 e. The molecule has 0 radical (unpaired) electrons. The minimum absolute atomic E-state index is 0.271. The van der Waals surface area contributed by atoms with Gasteiger partial charge in [-0.2, -0.15) is 10.1 Å². The molecule has 0 atom stereocenters. The third kappa shape index (κ3) is 1.51. The van der Waals surface area contributed by atoms with Crippen molar-refractivity contribution in [2.24, 2.45) is 10.9 Å². The minimum Gasteiger partial charge on any atom is -0.267 e. The van der Waals surface area contributed by atoms with Gasteiger partial charge in [0.1, 0.15) is 5.54 Å². The predicted octanol–water partition coefficient (Wildman–Crippen LogP) is 1.62. The zero-order chi connectivity index (χ0) is 10.3. The molecule has 2 saturated carbocycles. The van der Waals surface area contributed by atoms with Gasteiger partial charge in [0.25, 0.3) is 0 Å². The second-order valence-corrected chi connectivity index (χ2v) is 4.58. The Balaban J connectivity index is 1.90. The highest BCUT2D eigenvalue weighted by atomic mass is 16.1. The van der Waals surface area contributed by atoms with Crippen LogP contribution in [0.3, 0.4) is 0 Å². The Hall–Kier alpha value is -1.41. The number of carbonyl (C=O) groups excluding carboxylic acids is 1. The smallest absolute Gasteiger partial charge is 0.235 e. The van der Waals surface area contributed by atoms with Gasteiger partial charge in [0.05, 0.1) is 5.69 Å². The van der Waals surface area contributed by atoms with Crippen molar-refractivity contribution < 1.29 is 4.79 Å². The molecule has 0 bridgehead atoms. The molecule has 4 nitrogen and oxygen atoms in total. The number of hydrogen-bond donors (Lipinski definition) is 0. The van der Waals surface area contributed by atoms with Gasteiger partial charge in [-0.25, -0.2) is 4.79 Å². The van der Waals surface area contributed by atoms with Gasteiger partial charge in [-0.05, 0) is 37.7 Å². The van der Waals surface area contributed by atoms with Crippen molar-refractivity contribution in [2.45, 2.75) is 37.8 Å². The number of nitrogens with zero attached hydrogens (tertiary/aromatic N) is 3. The highest BCUT2D eigenvalue weighted by Crippen LogP contribution is 2.49. The average molecular weight is 203 g/mol. The van der Waals surface area contributed by atoms with Gasteiger partial charge in [-0.1, -0.05) is 0 Å². The number of aromatic nitrogens is 2. The maximum absolute atomic E-state index is 10.4. The summed E-state index contributed by atoms with van der Waals surface area (Å²) in [6.07, 6.45) is 8.02. The Labute approximate surface area is 88.0 Å². The molecular formula is C11H13N3O. The summed E-state index contributed by atoms with van der Waals surface area (Å²) in [6, 6.07) is 1.98. The molecule has 0 unspecified atom stereocenters. The lowest BCUT2D eigenvalue weighted by molar-refractivity contribution is 0.504. The topological polar surface area (TPSA) is 47.2 Å². The first-order valence-electron chi connectivity index (χ1n) is 5.45. The summed E-state index contributed by atoms with van der Waals surface area (Å²) in [4.78, 5) is 14.3. The van der Waals surface area contributed by atoms with Crippen molar-refractivity contribution in [1.29, 1.82) is 0 Å². The molecule has 2 fully saturated rings. The Bertz CT molecular complexity index is 423. The molecule has 0 aliphatic heterocycles. The summed E-state index contributed by atoms with van der Waals surface area (Å²) in [5, 5.41) is 4.31. The minimum atomic E-state index is -0.271. The molecule has 2 aliphatic rings. The molecule has 4 heteroatoms. The van der Waals surface area contributed by atoms with E-state index in [0.29, 0.717) is 0 Å². The van der Waals surface area contributed by atoms with E-state index in [1.54, 1.807) is 12.3 Å². The Kier molecular flexibility index (Phi) is 1.80. The SMILES string of the molecule is O=C=NC1(c2ccnn2CC2CC2)CC1. The van der Waals surface area contributed by atoms with Crippen molar-refractivity contribution in [3.05, 3.63) is 18.0 Å². The van der Waals surface area contributed by atoms with E-state index in [4.69, 9.17) is 0 Å². The van der Waals surface area contributed by atoms with Gasteiger partial charge >= 0.3 is 0 Å². The maximum Gasteiger partial charge on any atom is 0.235 e. The zero-order valence-electron chi connectivity index (χ0n) is 8.52. The van der Waals surface area contributed by atoms with Gasteiger partial charge < -0.3 is 0 Å². The summed E-state index contributed by atoms with van der Waals surface area (Å²) >= 11 is 0. The fourth-order valence-electron chi connectivity index (χ4n) is 2.05. The first kappa shape index (κ1) is 8.86. The van der Waals surface area contributed by atoms with Crippen LogP contribution in [0.1, 0.15) is 31.4 Å². The first-order chi connectivity index (χ1) is 7.34. The first-order valence-corrected chi connectivity index (χ1v) is 5.45. The third-order valence-corrected chi connectivity index (χ3v) is 3.30. The normalized spacial score (nSPS) is 22.1. The molecular weight excluding hydrogens is 190 g/mol. The summed E-state index contributed by atoms with van der Waals surface area (Å²) in [6.45, 7) is 0.985. The molecule has 2 aliphatic carbocycles. The van der Waals surface area contributed by atoms with Crippen LogP contribution in [-0.4, -0.2) is 15.9 Å². The van der Waals surface area contributed by atoms with Crippen molar-refractivity contribution in [3.63, 3.8) is 0 Å². The van der Waals surface area contributed by atoms with Crippen LogP contribution < -0.4 is 0 Å². The summed E-state index contributed by atoms with van der Waals surface area (Å²) in [7, 11) is 0. The Morgan fingerprint density at radius 3 is 3.00 bits per heavy atom. The molecule has 0 N–H and O–H groups in total. The second kappa shape index (κ2) is 3.04. The van der Waals surface area contributed by atoms with Crippen molar-refractivity contribution in [3.8, 4) is 0 Å². The van der Waals surface area contributed by atoms with Crippen LogP contribution in [0.5, 0.6) is 0 Å². The average Bonchev–Trinajstić information content (AvgIpc) is 3.11. The lowest BCUT2D eigenvalue weighted by Crippen LogP contribution is -2.13. The molecule has 15 heavy (non-hydrogen) atoms. The molecule has 1 aromatic heterocycles. The number of rotatable bonds is 4. The van der Waals surface area contributed by atoms with Crippen LogP contribution in [0, 0.1) is 5.92 Å². The van der Waals surface area contributed by atoms with E-state index >= 15 is 0 Å². The third-order valence-electron chi connectivity index (χ3n) is 3.30. The molecule has 0 aromatic carbocycles. The molecule has 1 heterocycles. The van der Waals surface area contributed by atoms with E-state index in [2.05, 4.69) is 10.1 Å². The monoisotopic (exact) mass is 203 g/mol. The number of hydrogen-bond acceptors (Lipinski definition) is 3. The lowest BCUT2D eigenvalue weighted by atomic mass is 10.2. The maximum atomic E-state index is 10.4. The van der Waals surface area contributed by atoms with E-state index in [1.165, 1.54) is 12.8 Å². The molecule has 0 amide bonds. The molecule has 78 valence electrons. The standard InChI is InChI=1S/C11H13N3O/c15-8-12-11(4-5-11)10-3-6-13-14(10)7-9-1-2-9/h3,6,9H,1-2,4-5,7H2. The van der Waals surface area contributed by atoms with Gasteiger partial charge in [0.15, 0.2) is 0 Å². The van der Waals surface area contributed by atoms with Crippen molar-refractivity contribution >= 4 is 6.08 Å². The summed E-state index contributed by atoms with van der Waals surface area (Å²) in [5.74, 6) is 0.791. The van der Waals surface area contributed by atoms with E-state index in [1.807, 2.05) is 10.7 Å². The van der Waals surface area contributed by atoms with Crippen molar-refractivity contribution in [2.75, 3.05) is 0 Å². The Morgan fingerprint density at radius 1 is 1.60 bits per heavy atom. The van der Waals surface area contributed by atoms with Gasteiger partial charge in [-0.3, -0.25) is 4.68 Å². The van der Waals surface area contributed by atoms with Gasteiger partial charge in [0, 0.05) is 12.7 Å². The molecule has 3 rings (SSSR count). The van der Waals surface area contributed by atoms with Gasteiger partial charge in [0.2, 0.25) is 6.08 Å². The van der Waals surface area contributed by atoms with Crippen molar-refractivity contribution in [1.82, 2.24) is 9.78 Å². The summed E-state index contributed by atoms with van der Waals surface area (Å²) in [5.41, 5.74) is 0.824. The van der Waals surface area contributed by atoms with E-state index in [-0.39, 0.29) is 5.54 Å². The van der Waals surface area contributed by atoms with Crippen LogP contribution in [0.15, 0.2) is 17.3 Å². The quantitative estimate of drug-likeness (QED) is 0.551. The van der Waals surface area contributed by atoms with Crippen LogP contribution in [0.4, 0.5) is 0 Å². The number of aliphatic imine (C=N–C) groups is 1.